The van der Waals surface area contributed by atoms with E-state index < -0.39 is 6.04 Å². The molecule has 4 aromatic rings. The number of amides is 2. The molecule has 6 heteroatoms. The highest BCUT2D eigenvalue weighted by Crippen LogP contribution is 2.30. The summed E-state index contributed by atoms with van der Waals surface area (Å²) in [4.78, 5) is 31.7. The maximum atomic E-state index is 13.2. The Morgan fingerprint density at radius 1 is 0.879 bits per heavy atom. The molecule has 1 aromatic heterocycles. The van der Waals surface area contributed by atoms with E-state index in [-0.39, 0.29) is 11.8 Å². The van der Waals surface area contributed by atoms with Crippen molar-refractivity contribution in [3.8, 4) is 11.3 Å². The molecule has 0 aliphatic rings. The number of thiazole rings is 1. The van der Waals surface area contributed by atoms with Gasteiger partial charge in [0.25, 0.3) is 5.91 Å². The molecular weight excluding hydrogens is 430 g/mol. The van der Waals surface area contributed by atoms with Gasteiger partial charge in [-0.15, -0.1) is 11.3 Å². The fraction of sp³-hybridized carbons (Fsp3) is 0.148. The van der Waals surface area contributed by atoms with Gasteiger partial charge in [0, 0.05) is 22.4 Å². The number of anilines is 1. The molecule has 1 unspecified atom stereocenters. The van der Waals surface area contributed by atoms with Gasteiger partial charge in [-0.3, -0.25) is 9.59 Å². The van der Waals surface area contributed by atoms with Crippen LogP contribution in [0.4, 0.5) is 5.13 Å². The summed E-state index contributed by atoms with van der Waals surface area (Å²) in [6.07, 6.45) is 0.375. The molecule has 0 aliphatic heterocycles. The molecular formula is C27H25N3O2S. The largest absolute Gasteiger partial charge is 0.340 e. The van der Waals surface area contributed by atoms with E-state index in [2.05, 4.69) is 15.6 Å². The van der Waals surface area contributed by atoms with E-state index in [0.29, 0.717) is 17.1 Å². The highest BCUT2D eigenvalue weighted by molar-refractivity contribution is 7.16. The Morgan fingerprint density at radius 2 is 1.52 bits per heavy atom. The minimum atomic E-state index is -0.743. The predicted octanol–water partition coefficient (Wildman–Crippen LogP) is 5.41. The molecule has 0 aliphatic carbocycles. The lowest BCUT2D eigenvalue weighted by Gasteiger charge is -2.18. The van der Waals surface area contributed by atoms with Gasteiger partial charge in [0.1, 0.15) is 6.04 Å². The van der Waals surface area contributed by atoms with Crippen LogP contribution in [0.5, 0.6) is 0 Å². The molecule has 0 radical (unpaired) electrons. The Bertz CT molecular complexity index is 1240. The van der Waals surface area contributed by atoms with Crippen LogP contribution in [0, 0.1) is 13.8 Å². The molecule has 0 saturated carbocycles. The van der Waals surface area contributed by atoms with Crippen LogP contribution in [0.25, 0.3) is 11.3 Å². The molecule has 1 atom stereocenters. The van der Waals surface area contributed by atoms with Crippen LogP contribution in [0.1, 0.15) is 26.4 Å². The average molecular weight is 456 g/mol. The summed E-state index contributed by atoms with van der Waals surface area (Å²) < 4.78 is 0. The summed E-state index contributed by atoms with van der Waals surface area (Å²) in [6, 6.07) is 25.9. The van der Waals surface area contributed by atoms with E-state index in [4.69, 9.17) is 0 Å². The highest BCUT2D eigenvalue weighted by atomic mass is 32.1. The number of nitrogens with zero attached hydrogens (tertiary/aromatic N) is 1. The summed E-state index contributed by atoms with van der Waals surface area (Å²) in [5.74, 6) is -0.588. The molecule has 166 valence electrons. The lowest BCUT2D eigenvalue weighted by molar-refractivity contribution is -0.118. The normalized spacial score (nSPS) is 11.6. The van der Waals surface area contributed by atoms with Gasteiger partial charge in [-0.05, 0) is 31.5 Å². The van der Waals surface area contributed by atoms with E-state index in [1.807, 2.05) is 74.5 Å². The first-order chi connectivity index (χ1) is 16.0. The van der Waals surface area contributed by atoms with Gasteiger partial charge in [-0.1, -0.05) is 78.4 Å². The first kappa shape index (κ1) is 22.4. The van der Waals surface area contributed by atoms with Gasteiger partial charge in [0.15, 0.2) is 5.13 Å². The van der Waals surface area contributed by atoms with Gasteiger partial charge in [-0.2, -0.15) is 0 Å². The van der Waals surface area contributed by atoms with E-state index in [1.54, 1.807) is 24.3 Å². The first-order valence-electron chi connectivity index (χ1n) is 10.7. The maximum absolute atomic E-state index is 13.2. The number of rotatable bonds is 7. The Morgan fingerprint density at radius 3 is 2.18 bits per heavy atom. The van der Waals surface area contributed by atoms with Crippen molar-refractivity contribution < 1.29 is 9.59 Å². The van der Waals surface area contributed by atoms with E-state index >= 15 is 0 Å². The summed E-state index contributed by atoms with van der Waals surface area (Å²) in [5, 5.41) is 6.32. The summed E-state index contributed by atoms with van der Waals surface area (Å²) in [6.45, 7) is 4.03. The van der Waals surface area contributed by atoms with E-state index in [1.165, 1.54) is 16.9 Å². The Balaban J connectivity index is 1.54. The Hall–Kier alpha value is -3.77. The topological polar surface area (TPSA) is 71.1 Å². The van der Waals surface area contributed by atoms with Crippen molar-refractivity contribution >= 4 is 28.3 Å². The van der Waals surface area contributed by atoms with Crippen molar-refractivity contribution in [1.82, 2.24) is 10.3 Å². The zero-order valence-electron chi connectivity index (χ0n) is 18.5. The van der Waals surface area contributed by atoms with Crippen molar-refractivity contribution in [2.24, 2.45) is 0 Å². The predicted molar refractivity (Wildman–Crippen MR) is 133 cm³/mol. The molecule has 2 N–H and O–H groups in total. The molecule has 1 heterocycles. The smallest absolute Gasteiger partial charge is 0.251 e. The van der Waals surface area contributed by atoms with Crippen LogP contribution in [-0.2, 0) is 11.2 Å². The van der Waals surface area contributed by atoms with Crippen molar-refractivity contribution in [2.45, 2.75) is 26.3 Å². The number of benzene rings is 3. The second-order valence-electron chi connectivity index (χ2n) is 7.86. The zero-order valence-corrected chi connectivity index (χ0v) is 19.4. The third kappa shape index (κ3) is 5.73. The van der Waals surface area contributed by atoms with Crippen LogP contribution < -0.4 is 10.6 Å². The van der Waals surface area contributed by atoms with Gasteiger partial charge < -0.3 is 10.6 Å². The lowest BCUT2D eigenvalue weighted by atomic mass is 10.0. The second kappa shape index (κ2) is 10.2. The van der Waals surface area contributed by atoms with Gasteiger partial charge in [0.05, 0.1) is 5.69 Å². The summed E-state index contributed by atoms with van der Waals surface area (Å²) in [5.41, 5.74) is 4.51. The van der Waals surface area contributed by atoms with Gasteiger partial charge in [-0.25, -0.2) is 4.98 Å². The minimum absolute atomic E-state index is 0.289. The second-order valence-corrected chi connectivity index (χ2v) is 9.06. The number of carbonyl (C=O) groups excluding carboxylic acids is 2. The van der Waals surface area contributed by atoms with Gasteiger partial charge >= 0.3 is 0 Å². The quantitative estimate of drug-likeness (QED) is 0.392. The highest BCUT2D eigenvalue weighted by Gasteiger charge is 2.23. The van der Waals surface area contributed by atoms with Crippen LogP contribution in [0.15, 0.2) is 84.9 Å². The number of aryl methyl sites for hydroxylation is 2. The van der Waals surface area contributed by atoms with Crippen LogP contribution in [-0.4, -0.2) is 22.8 Å². The monoisotopic (exact) mass is 455 g/mol. The van der Waals surface area contributed by atoms with Crippen LogP contribution in [0.2, 0.25) is 0 Å². The Kier molecular flexibility index (Phi) is 6.95. The fourth-order valence-electron chi connectivity index (χ4n) is 3.51. The molecule has 0 spiro atoms. The third-order valence-corrected chi connectivity index (χ3v) is 6.18. The molecule has 33 heavy (non-hydrogen) atoms. The standard InChI is InChI=1S/C27H25N3O2S/c1-18-13-15-21(16-14-18)24-19(2)33-27(29-24)30-26(32)23(17-20-9-5-3-6-10-20)28-25(31)22-11-7-4-8-12-22/h3-16,23H,17H2,1-2H3,(H,28,31)(H,29,30,32). The lowest BCUT2D eigenvalue weighted by Crippen LogP contribution is -2.45. The number of hydrogen-bond donors (Lipinski definition) is 2. The number of hydrogen-bond acceptors (Lipinski definition) is 4. The maximum Gasteiger partial charge on any atom is 0.251 e. The number of aromatic nitrogens is 1. The molecule has 3 aromatic carbocycles. The van der Waals surface area contributed by atoms with Crippen molar-refractivity contribution in [3.05, 3.63) is 106 Å². The average Bonchev–Trinajstić information content (AvgIpc) is 3.20. The SMILES string of the molecule is Cc1ccc(-c2nc(NC(=O)C(Cc3ccccc3)NC(=O)c3ccccc3)sc2C)cc1. The molecule has 0 bridgehead atoms. The molecule has 0 fully saturated rings. The fourth-order valence-corrected chi connectivity index (χ4v) is 4.35. The minimum Gasteiger partial charge on any atom is -0.340 e. The van der Waals surface area contributed by atoms with Crippen molar-refractivity contribution in [1.29, 1.82) is 0 Å². The van der Waals surface area contributed by atoms with E-state index in [0.717, 1.165) is 21.7 Å². The Labute approximate surface area is 197 Å². The molecule has 0 saturated heterocycles. The van der Waals surface area contributed by atoms with Gasteiger partial charge in [0.2, 0.25) is 5.91 Å². The van der Waals surface area contributed by atoms with Crippen LogP contribution >= 0.6 is 11.3 Å². The summed E-state index contributed by atoms with van der Waals surface area (Å²) >= 11 is 1.42. The molecule has 4 rings (SSSR count). The van der Waals surface area contributed by atoms with Crippen molar-refractivity contribution in [2.75, 3.05) is 5.32 Å². The van der Waals surface area contributed by atoms with Crippen molar-refractivity contribution in [3.63, 3.8) is 0 Å². The first-order valence-corrected chi connectivity index (χ1v) is 11.6. The molecule has 5 nitrogen and oxygen atoms in total. The summed E-state index contributed by atoms with van der Waals surface area (Å²) in [7, 11) is 0. The number of nitrogens with one attached hydrogen (secondary N) is 2. The molecule has 2 amide bonds. The third-order valence-electron chi connectivity index (χ3n) is 5.29. The van der Waals surface area contributed by atoms with E-state index in [9.17, 15) is 9.59 Å². The zero-order chi connectivity index (χ0) is 23.2. The van der Waals surface area contributed by atoms with Crippen LogP contribution in [0.3, 0.4) is 0 Å². The number of carbonyl (C=O) groups is 2.